The van der Waals surface area contributed by atoms with E-state index in [0.29, 0.717) is 11.3 Å². The predicted octanol–water partition coefficient (Wildman–Crippen LogP) is 4.42. The molecule has 0 unspecified atom stereocenters. The Bertz CT molecular complexity index is 1090. The highest BCUT2D eigenvalue weighted by Gasteiger charge is 2.29. The van der Waals surface area contributed by atoms with Crippen LogP contribution in [0, 0.1) is 5.41 Å². The van der Waals surface area contributed by atoms with Crippen molar-refractivity contribution in [2.75, 3.05) is 0 Å². The van der Waals surface area contributed by atoms with Gasteiger partial charge in [0.05, 0.1) is 0 Å². The van der Waals surface area contributed by atoms with Crippen molar-refractivity contribution in [3.05, 3.63) is 59.7 Å². The lowest BCUT2D eigenvalue weighted by Gasteiger charge is -2.33. The number of phenols is 1. The third-order valence-electron chi connectivity index (χ3n) is 5.18. The highest BCUT2D eigenvalue weighted by molar-refractivity contribution is 5.91. The molecule has 0 aliphatic carbocycles. The SMILES string of the molecule is C=C(Cc1cc(C(C)(C)CC(C)(C)C)cc(-n2nc3ccccc3n2)c1O)C(N)=O. The zero-order valence-corrected chi connectivity index (χ0v) is 18.4. The van der Waals surface area contributed by atoms with Crippen LogP contribution in [0.25, 0.3) is 16.7 Å². The lowest BCUT2D eigenvalue weighted by Crippen LogP contribution is -2.25. The van der Waals surface area contributed by atoms with Crippen LogP contribution < -0.4 is 5.73 Å². The summed E-state index contributed by atoms with van der Waals surface area (Å²) in [5, 5.41) is 20.1. The molecule has 0 aliphatic rings. The van der Waals surface area contributed by atoms with E-state index in [9.17, 15) is 9.90 Å². The van der Waals surface area contributed by atoms with Gasteiger partial charge in [-0.25, -0.2) is 0 Å². The largest absolute Gasteiger partial charge is 0.505 e. The van der Waals surface area contributed by atoms with Crippen molar-refractivity contribution < 1.29 is 9.90 Å². The summed E-state index contributed by atoms with van der Waals surface area (Å²) in [6, 6.07) is 11.4. The Hall–Kier alpha value is -3.15. The van der Waals surface area contributed by atoms with E-state index < -0.39 is 5.91 Å². The maximum atomic E-state index is 11.6. The monoisotopic (exact) mass is 406 g/mol. The summed E-state index contributed by atoms with van der Waals surface area (Å²) < 4.78 is 0. The molecular formula is C24H30N4O2. The molecule has 30 heavy (non-hydrogen) atoms. The molecule has 3 rings (SSSR count). The molecule has 0 bridgehead atoms. The van der Waals surface area contributed by atoms with E-state index in [-0.39, 0.29) is 28.6 Å². The zero-order chi connectivity index (χ0) is 22.3. The molecule has 0 aliphatic heterocycles. The van der Waals surface area contributed by atoms with Crippen LogP contribution in [-0.2, 0) is 16.6 Å². The molecule has 3 N–H and O–H groups in total. The molecule has 6 nitrogen and oxygen atoms in total. The Labute approximate surface area is 177 Å². The van der Waals surface area contributed by atoms with Gasteiger partial charge in [-0.2, -0.15) is 0 Å². The molecule has 0 atom stereocenters. The number of phenolic OH excluding ortho intramolecular Hbond substituents is 1. The Kier molecular flexibility index (Phi) is 5.46. The van der Waals surface area contributed by atoms with Crippen molar-refractivity contribution >= 4 is 16.9 Å². The van der Waals surface area contributed by atoms with Crippen molar-refractivity contribution in [1.29, 1.82) is 0 Å². The summed E-state index contributed by atoms with van der Waals surface area (Å²) in [7, 11) is 0. The summed E-state index contributed by atoms with van der Waals surface area (Å²) in [6.07, 6.45) is 1.09. The third kappa shape index (κ3) is 4.53. The molecule has 0 radical (unpaired) electrons. The number of fused-ring (bicyclic) bond motifs is 1. The normalized spacial score (nSPS) is 12.3. The van der Waals surface area contributed by atoms with Gasteiger partial charge in [-0.1, -0.05) is 59.4 Å². The highest BCUT2D eigenvalue weighted by atomic mass is 16.3. The third-order valence-corrected chi connectivity index (χ3v) is 5.18. The maximum absolute atomic E-state index is 11.6. The van der Waals surface area contributed by atoms with Gasteiger partial charge in [0.1, 0.15) is 22.5 Å². The predicted molar refractivity (Wildman–Crippen MR) is 120 cm³/mol. The fourth-order valence-electron chi connectivity index (χ4n) is 4.07. The second kappa shape index (κ2) is 7.59. The van der Waals surface area contributed by atoms with Gasteiger partial charge < -0.3 is 10.8 Å². The highest BCUT2D eigenvalue weighted by Crippen LogP contribution is 2.40. The fourth-order valence-corrected chi connectivity index (χ4v) is 4.07. The van der Waals surface area contributed by atoms with Crippen molar-refractivity contribution in [2.24, 2.45) is 11.1 Å². The molecule has 1 amide bonds. The molecule has 6 heteroatoms. The van der Waals surface area contributed by atoms with Gasteiger partial charge in [0.15, 0.2) is 0 Å². The van der Waals surface area contributed by atoms with Gasteiger partial charge in [0.2, 0.25) is 5.91 Å². The van der Waals surface area contributed by atoms with Crippen LogP contribution in [0.2, 0.25) is 0 Å². The van der Waals surface area contributed by atoms with E-state index in [2.05, 4.69) is 51.4 Å². The number of aromatic nitrogens is 3. The van der Waals surface area contributed by atoms with Crippen LogP contribution >= 0.6 is 0 Å². The van der Waals surface area contributed by atoms with Crippen LogP contribution in [0.5, 0.6) is 5.75 Å². The van der Waals surface area contributed by atoms with Crippen molar-refractivity contribution in [2.45, 2.75) is 52.9 Å². The minimum Gasteiger partial charge on any atom is -0.505 e. The molecule has 1 heterocycles. The molecule has 3 aromatic rings. The minimum absolute atomic E-state index is 0.0213. The summed E-state index contributed by atoms with van der Waals surface area (Å²) in [5.41, 5.74) is 9.10. The molecule has 0 saturated carbocycles. The first kappa shape index (κ1) is 21.6. The quantitative estimate of drug-likeness (QED) is 0.592. The Balaban J connectivity index is 2.19. The summed E-state index contributed by atoms with van der Waals surface area (Å²) in [5.74, 6) is -0.564. The van der Waals surface area contributed by atoms with Crippen LogP contribution in [-0.4, -0.2) is 26.0 Å². The number of amides is 1. The molecule has 1 aromatic heterocycles. The lowest BCUT2D eigenvalue weighted by molar-refractivity contribution is -0.114. The summed E-state index contributed by atoms with van der Waals surface area (Å²) in [4.78, 5) is 13.0. The zero-order valence-electron chi connectivity index (χ0n) is 18.4. The average Bonchev–Trinajstić information content (AvgIpc) is 3.04. The number of hydrogen-bond donors (Lipinski definition) is 2. The number of carbonyl (C=O) groups excluding carboxylic acids is 1. The summed E-state index contributed by atoms with van der Waals surface area (Å²) >= 11 is 0. The van der Waals surface area contributed by atoms with Gasteiger partial charge in [-0.05, 0) is 41.0 Å². The summed E-state index contributed by atoms with van der Waals surface area (Å²) in [6.45, 7) is 14.7. The molecule has 2 aromatic carbocycles. The van der Waals surface area contributed by atoms with E-state index in [1.54, 1.807) is 0 Å². The Morgan fingerprint density at radius 2 is 1.67 bits per heavy atom. The molecule has 0 fully saturated rings. The number of hydrogen-bond acceptors (Lipinski definition) is 4. The van der Waals surface area contributed by atoms with Gasteiger partial charge in [0.25, 0.3) is 0 Å². The maximum Gasteiger partial charge on any atom is 0.244 e. The van der Waals surface area contributed by atoms with Crippen LogP contribution in [0.1, 0.15) is 52.2 Å². The Morgan fingerprint density at radius 1 is 1.10 bits per heavy atom. The molecule has 158 valence electrons. The second-order valence-electron chi connectivity index (χ2n) is 9.75. The standard InChI is InChI=1S/C24H30N4O2/c1-15(22(25)30)11-16-12-17(24(5,6)14-23(2,3)4)13-20(21(16)29)28-26-18-9-7-8-10-19(18)27-28/h7-10,12-13,29H,1,11,14H2,2-6H3,(H2,25,30). The second-order valence-corrected chi connectivity index (χ2v) is 9.75. The minimum atomic E-state index is -0.585. The van der Waals surface area contributed by atoms with Gasteiger partial charge in [-0.3, -0.25) is 4.79 Å². The lowest BCUT2D eigenvalue weighted by atomic mass is 9.72. The number of nitrogens with zero attached hydrogens (tertiary/aromatic N) is 3. The van der Waals surface area contributed by atoms with E-state index in [1.807, 2.05) is 36.4 Å². The number of rotatable bonds is 6. The smallest absolute Gasteiger partial charge is 0.244 e. The topological polar surface area (TPSA) is 94.0 Å². The number of benzene rings is 2. The first-order valence-corrected chi connectivity index (χ1v) is 10.0. The average molecular weight is 407 g/mol. The number of carbonyl (C=O) groups is 1. The van der Waals surface area contributed by atoms with Crippen molar-refractivity contribution in [1.82, 2.24) is 15.0 Å². The van der Waals surface area contributed by atoms with E-state index in [0.717, 1.165) is 23.0 Å². The van der Waals surface area contributed by atoms with Gasteiger partial charge in [-0.15, -0.1) is 15.0 Å². The number of primary amides is 1. The van der Waals surface area contributed by atoms with Crippen molar-refractivity contribution in [3.8, 4) is 11.4 Å². The van der Waals surface area contributed by atoms with Crippen molar-refractivity contribution in [3.63, 3.8) is 0 Å². The van der Waals surface area contributed by atoms with Gasteiger partial charge >= 0.3 is 0 Å². The molecule has 0 spiro atoms. The molecule has 0 saturated heterocycles. The molecular weight excluding hydrogens is 376 g/mol. The van der Waals surface area contributed by atoms with Crippen LogP contribution in [0.4, 0.5) is 0 Å². The van der Waals surface area contributed by atoms with E-state index >= 15 is 0 Å². The van der Waals surface area contributed by atoms with E-state index in [1.165, 1.54) is 4.80 Å². The number of aromatic hydroxyl groups is 1. The van der Waals surface area contributed by atoms with Gasteiger partial charge in [0, 0.05) is 17.6 Å². The van der Waals surface area contributed by atoms with Crippen LogP contribution in [0.3, 0.4) is 0 Å². The fraction of sp³-hybridized carbons (Fsp3) is 0.375. The first-order chi connectivity index (χ1) is 13.9. The first-order valence-electron chi connectivity index (χ1n) is 10.0. The van der Waals surface area contributed by atoms with Crippen LogP contribution in [0.15, 0.2) is 48.6 Å². The Morgan fingerprint density at radius 3 is 2.17 bits per heavy atom. The van der Waals surface area contributed by atoms with E-state index in [4.69, 9.17) is 5.73 Å². The number of nitrogens with two attached hydrogens (primary N) is 1.